The molecule has 0 spiro atoms. The van der Waals surface area contributed by atoms with Crippen molar-refractivity contribution >= 4 is 11.9 Å². The van der Waals surface area contributed by atoms with Gasteiger partial charge in [-0.15, -0.1) is 0 Å². The number of aliphatic hydroxyl groups is 1. The third-order valence-electron chi connectivity index (χ3n) is 5.37. The van der Waals surface area contributed by atoms with Crippen LogP contribution in [-0.4, -0.2) is 51.5 Å². The van der Waals surface area contributed by atoms with E-state index < -0.39 is 47.7 Å². The Morgan fingerprint density at radius 3 is 2.21 bits per heavy atom. The van der Waals surface area contributed by atoms with Crippen LogP contribution in [0.25, 0.3) is 0 Å². The number of nitrogens with zero attached hydrogens (tertiary/aromatic N) is 1. The Kier molecular flexibility index (Phi) is 6.71. The van der Waals surface area contributed by atoms with E-state index in [4.69, 9.17) is 14.2 Å². The van der Waals surface area contributed by atoms with Crippen molar-refractivity contribution in [2.45, 2.75) is 31.5 Å². The maximum absolute atomic E-state index is 12.6. The molecule has 4 rings (SSSR count). The third kappa shape index (κ3) is 4.82. The van der Waals surface area contributed by atoms with E-state index in [0.29, 0.717) is 5.56 Å². The fraction of sp³-hybridized carbons (Fsp3) is 0.250. The zero-order chi connectivity index (χ0) is 24.2. The van der Waals surface area contributed by atoms with Crippen molar-refractivity contribution in [1.29, 1.82) is 0 Å². The van der Waals surface area contributed by atoms with Crippen molar-refractivity contribution in [1.82, 2.24) is 9.55 Å². The first kappa shape index (κ1) is 23.1. The summed E-state index contributed by atoms with van der Waals surface area (Å²) >= 11 is 0. The zero-order valence-electron chi connectivity index (χ0n) is 18.1. The predicted octanol–water partition coefficient (Wildman–Crippen LogP) is 1.19. The standard InChI is InChI=1S/C24H22N2O8/c1-14-12-26(24(31)25-20(14)28)21-18(27)19(34-23(30)16-10-6-3-7-11-16)17(33-21)13-32-22(29)15-8-4-2-5-9-15/h2-12,17-19,21,27H,13H2,1H3,(H,25,28,31)/t17-,18-,19+,21-/m0/s1. The summed E-state index contributed by atoms with van der Waals surface area (Å²) in [7, 11) is 0. The molecule has 10 heteroatoms. The van der Waals surface area contributed by atoms with E-state index in [-0.39, 0.29) is 17.7 Å². The van der Waals surface area contributed by atoms with Crippen LogP contribution in [0.4, 0.5) is 0 Å². The number of carbonyl (C=O) groups excluding carboxylic acids is 2. The number of aliphatic hydroxyl groups excluding tert-OH is 1. The maximum Gasteiger partial charge on any atom is 0.338 e. The Hall–Kier alpha value is -4.02. The van der Waals surface area contributed by atoms with Gasteiger partial charge in [0.05, 0.1) is 11.1 Å². The van der Waals surface area contributed by atoms with Crippen LogP contribution < -0.4 is 11.2 Å². The lowest BCUT2D eigenvalue weighted by Crippen LogP contribution is -2.40. The molecule has 3 aromatic rings. The molecule has 4 atom stereocenters. The van der Waals surface area contributed by atoms with Gasteiger partial charge in [0.1, 0.15) is 18.8 Å². The molecule has 0 aliphatic carbocycles. The first-order valence-electron chi connectivity index (χ1n) is 10.5. The minimum absolute atomic E-state index is 0.215. The molecule has 1 saturated heterocycles. The molecule has 34 heavy (non-hydrogen) atoms. The minimum atomic E-state index is -1.49. The first-order valence-corrected chi connectivity index (χ1v) is 10.5. The second-order valence-corrected chi connectivity index (χ2v) is 7.73. The highest BCUT2D eigenvalue weighted by Crippen LogP contribution is 2.31. The van der Waals surface area contributed by atoms with Crippen molar-refractivity contribution in [2.24, 2.45) is 0 Å². The van der Waals surface area contributed by atoms with Gasteiger partial charge >= 0.3 is 17.6 Å². The summed E-state index contributed by atoms with van der Waals surface area (Å²) in [6.45, 7) is 1.13. The number of ether oxygens (including phenoxy) is 3. The number of carbonyl (C=O) groups is 2. The number of aromatic nitrogens is 2. The number of aromatic amines is 1. The lowest BCUT2D eigenvalue weighted by molar-refractivity contribution is -0.0614. The number of benzene rings is 2. The van der Waals surface area contributed by atoms with Crippen LogP contribution in [0.1, 0.15) is 32.5 Å². The predicted molar refractivity (Wildman–Crippen MR) is 118 cm³/mol. The Balaban J connectivity index is 1.59. The van der Waals surface area contributed by atoms with Gasteiger partial charge in [-0.2, -0.15) is 0 Å². The number of nitrogens with one attached hydrogen (secondary N) is 1. The van der Waals surface area contributed by atoms with Crippen LogP contribution in [0.5, 0.6) is 0 Å². The fourth-order valence-corrected chi connectivity index (χ4v) is 3.59. The molecule has 2 heterocycles. The van der Waals surface area contributed by atoms with E-state index in [1.165, 1.54) is 13.1 Å². The molecule has 10 nitrogen and oxygen atoms in total. The monoisotopic (exact) mass is 466 g/mol. The van der Waals surface area contributed by atoms with Crippen molar-refractivity contribution in [3.05, 3.63) is 104 Å². The molecule has 1 aliphatic heterocycles. The molecule has 0 amide bonds. The van der Waals surface area contributed by atoms with Crippen LogP contribution in [0.2, 0.25) is 0 Å². The van der Waals surface area contributed by atoms with Crippen molar-refractivity contribution in [2.75, 3.05) is 6.61 Å². The first-order chi connectivity index (χ1) is 16.3. The van der Waals surface area contributed by atoms with Gasteiger partial charge in [0.2, 0.25) is 0 Å². The van der Waals surface area contributed by atoms with Crippen LogP contribution in [-0.2, 0) is 14.2 Å². The van der Waals surface area contributed by atoms with Crippen LogP contribution in [0.15, 0.2) is 76.4 Å². The molecule has 0 unspecified atom stereocenters. The molecule has 2 aromatic carbocycles. The molecule has 176 valence electrons. The Bertz CT molecular complexity index is 1290. The quantitative estimate of drug-likeness (QED) is 0.517. The Morgan fingerprint density at radius 2 is 1.59 bits per heavy atom. The fourth-order valence-electron chi connectivity index (χ4n) is 3.59. The zero-order valence-corrected chi connectivity index (χ0v) is 18.1. The molecular formula is C24H22N2O8. The lowest BCUT2D eigenvalue weighted by Gasteiger charge is -2.21. The average Bonchev–Trinajstić information content (AvgIpc) is 3.15. The van der Waals surface area contributed by atoms with E-state index in [2.05, 4.69) is 4.98 Å². The van der Waals surface area contributed by atoms with Gasteiger partial charge in [0, 0.05) is 11.8 Å². The normalized spacial score (nSPS) is 21.7. The maximum atomic E-state index is 12.6. The SMILES string of the molecule is Cc1cn([C@H]2O[C@@H](COC(=O)c3ccccc3)[C@@H](OC(=O)c3ccccc3)[C@@H]2O)c(=O)[nH]c1=O. The van der Waals surface area contributed by atoms with Crippen molar-refractivity contribution in [3.63, 3.8) is 0 Å². The summed E-state index contributed by atoms with van der Waals surface area (Å²) in [5.74, 6) is -1.36. The summed E-state index contributed by atoms with van der Waals surface area (Å²) in [5, 5.41) is 10.9. The van der Waals surface area contributed by atoms with E-state index in [1.807, 2.05) is 0 Å². The van der Waals surface area contributed by atoms with Gasteiger partial charge in [-0.05, 0) is 31.2 Å². The second-order valence-electron chi connectivity index (χ2n) is 7.73. The molecule has 1 aliphatic rings. The highest BCUT2D eigenvalue weighted by Gasteiger charge is 2.48. The minimum Gasteiger partial charge on any atom is -0.459 e. The molecule has 1 fully saturated rings. The van der Waals surface area contributed by atoms with Crippen LogP contribution in [0, 0.1) is 6.92 Å². The van der Waals surface area contributed by atoms with E-state index in [0.717, 1.165) is 4.57 Å². The molecule has 2 N–H and O–H groups in total. The van der Waals surface area contributed by atoms with Gasteiger partial charge in [-0.25, -0.2) is 14.4 Å². The number of rotatable bonds is 6. The Labute approximate surface area is 193 Å². The summed E-state index contributed by atoms with van der Waals surface area (Å²) in [5.41, 5.74) is -0.617. The number of H-pyrrole nitrogens is 1. The van der Waals surface area contributed by atoms with E-state index >= 15 is 0 Å². The van der Waals surface area contributed by atoms with Gasteiger partial charge in [0.15, 0.2) is 12.3 Å². The summed E-state index contributed by atoms with van der Waals surface area (Å²) in [6.07, 6.45) is -3.89. The summed E-state index contributed by atoms with van der Waals surface area (Å²) in [6, 6.07) is 16.4. The summed E-state index contributed by atoms with van der Waals surface area (Å²) < 4.78 is 17.6. The highest BCUT2D eigenvalue weighted by molar-refractivity contribution is 5.90. The van der Waals surface area contributed by atoms with Gasteiger partial charge in [-0.1, -0.05) is 36.4 Å². The van der Waals surface area contributed by atoms with E-state index in [9.17, 15) is 24.3 Å². The smallest absolute Gasteiger partial charge is 0.338 e. The summed E-state index contributed by atoms with van der Waals surface area (Å²) in [4.78, 5) is 51.3. The molecule has 0 bridgehead atoms. The molecule has 1 aromatic heterocycles. The average molecular weight is 466 g/mol. The topological polar surface area (TPSA) is 137 Å². The third-order valence-corrected chi connectivity index (χ3v) is 5.37. The second kappa shape index (κ2) is 9.86. The van der Waals surface area contributed by atoms with Crippen LogP contribution >= 0.6 is 0 Å². The number of esters is 2. The van der Waals surface area contributed by atoms with Crippen molar-refractivity contribution in [3.8, 4) is 0 Å². The lowest BCUT2D eigenvalue weighted by atomic mass is 10.1. The largest absolute Gasteiger partial charge is 0.459 e. The van der Waals surface area contributed by atoms with Gasteiger partial charge in [-0.3, -0.25) is 14.3 Å². The Morgan fingerprint density at radius 1 is 1.00 bits per heavy atom. The number of hydrogen-bond acceptors (Lipinski definition) is 8. The highest BCUT2D eigenvalue weighted by atomic mass is 16.6. The molecular weight excluding hydrogens is 444 g/mol. The van der Waals surface area contributed by atoms with Crippen LogP contribution in [0.3, 0.4) is 0 Å². The molecule has 0 saturated carbocycles. The van der Waals surface area contributed by atoms with Gasteiger partial charge in [0.25, 0.3) is 5.56 Å². The van der Waals surface area contributed by atoms with Gasteiger partial charge < -0.3 is 19.3 Å². The molecule has 0 radical (unpaired) electrons. The van der Waals surface area contributed by atoms with E-state index in [1.54, 1.807) is 60.7 Å². The number of aryl methyl sites for hydroxylation is 1. The van der Waals surface area contributed by atoms with Crippen molar-refractivity contribution < 1.29 is 28.9 Å². The number of hydrogen-bond donors (Lipinski definition) is 2.